The van der Waals surface area contributed by atoms with Crippen molar-refractivity contribution in [3.8, 4) is 11.4 Å². The molecule has 200 valence electrons. The smallest absolute Gasteiger partial charge is 0.250 e. The Hall–Kier alpha value is -3.92. The molecule has 0 aliphatic carbocycles. The molecule has 2 aromatic carbocycles. The van der Waals surface area contributed by atoms with Crippen LogP contribution < -0.4 is 20.3 Å². The van der Waals surface area contributed by atoms with E-state index in [1.807, 2.05) is 48.5 Å². The van der Waals surface area contributed by atoms with Crippen LogP contribution in [0.3, 0.4) is 0 Å². The van der Waals surface area contributed by atoms with E-state index >= 15 is 0 Å². The summed E-state index contributed by atoms with van der Waals surface area (Å²) in [4.78, 5) is 18.8. The zero-order valence-corrected chi connectivity index (χ0v) is 23.3. The highest BCUT2D eigenvalue weighted by atomic mass is 35.5. The first-order valence-corrected chi connectivity index (χ1v) is 13.1. The Morgan fingerprint density at radius 1 is 1.08 bits per heavy atom. The van der Waals surface area contributed by atoms with E-state index in [-0.39, 0.29) is 24.6 Å². The van der Waals surface area contributed by atoms with Crippen LogP contribution in [-0.4, -0.2) is 41.4 Å². The van der Waals surface area contributed by atoms with Gasteiger partial charge in [0.05, 0.1) is 29.6 Å². The predicted octanol–water partition coefficient (Wildman–Crippen LogP) is 5.60. The third-order valence-corrected chi connectivity index (χ3v) is 7.25. The Morgan fingerprint density at radius 2 is 1.85 bits per heavy atom. The molecule has 0 radical (unpaired) electrons. The summed E-state index contributed by atoms with van der Waals surface area (Å²) in [6.07, 6.45) is 1.78. The fourth-order valence-electron chi connectivity index (χ4n) is 4.88. The number of nitrogens with zero attached hydrogens (tertiary/aromatic N) is 3. The van der Waals surface area contributed by atoms with Gasteiger partial charge < -0.3 is 29.6 Å². The summed E-state index contributed by atoms with van der Waals surface area (Å²) < 4.78 is 12.5. The molecule has 5 rings (SSSR count). The lowest BCUT2D eigenvalue weighted by Gasteiger charge is -2.29. The summed E-state index contributed by atoms with van der Waals surface area (Å²) >= 11 is 12.5. The maximum Gasteiger partial charge on any atom is 0.250 e. The maximum absolute atomic E-state index is 12.1. The van der Waals surface area contributed by atoms with Gasteiger partial charge >= 0.3 is 0 Å². The van der Waals surface area contributed by atoms with Crippen molar-refractivity contribution in [2.45, 2.75) is 19.0 Å². The topological polar surface area (TPSA) is 80.7 Å². The third kappa shape index (κ3) is 5.34. The van der Waals surface area contributed by atoms with Gasteiger partial charge in [-0.2, -0.15) is 0 Å². The number of ether oxygens (including phenoxy) is 2. The first-order valence-electron chi connectivity index (χ1n) is 12.3. The van der Waals surface area contributed by atoms with Crippen LogP contribution in [0.25, 0.3) is 5.69 Å². The van der Waals surface area contributed by atoms with E-state index in [4.69, 9.17) is 33.3 Å². The molecule has 0 saturated carbocycles. The molecular weight excluding hydrogens is 534 g/mol. The van der Waals surface area contributed by atoms with Crippen LogP contribution in [-0.2, 0) is 9.53 Å². The number of hydrogen-bond donors (Lipinski definition) is 2. The van der Waals surface area contributed by atoms with Gasteiger partial charge in [0, 0.05) is 36.1 Å². The summed E-state index contributed by atoms with van der Waals surface area (Å²) in [5.74, 6) is 0.500. The average molecular weight is 562 g/mol. The molecule has 2 N–H and O–H groups in total. The molecule has 2 atom stereocenters. The number of aryl methyl sites for hydroxylation is 1. The van der Waals surface area contributed by atoms with Gasteiger partial charge in [-0.1, -0.05) is 17.7 Å². The summed E-state index contributed by atoms with van der Waals surface area (Å²) in [7, 11) is 3.12. The molecule has 1 aliphatic heterocycles. The Morgan fingerprint density at radius 3 is 2.51 bits per heavy atom. The van der Waals surface area contributed by atoms with Crippen molar-refractivity contribution in [2.24, 2.45) is 0 Å². The fraction of sp³-hybridized carbons (Fsp3) is 0.207. The molecule has 10 heteroatoms. The minimum Gasteiger partial charge on any atom is -0.497 e. The van der Waals surface area contributed by atoms with Crippen molar-refractivity contribution in [1.29, 1.82) is 0 Å². The number of carbonyl (C=O) groups excluding carboxylic acids is 1. The molecule has 2 aromatic heterocycles. The molecule has 1 fully saturated rings. The van der Waals surface area contributed by atoms with Gasteiger partial charge in [0.25, 0.3) is 0 Å². The normalized spacial score (nSPS) is 16.7. The summed E-state index contributed by atoms with van der Waals surface area (Å²) in [6, 6.07) is 23.0. The van der Waals surface area contributed by atoms with Gasteiger partial charge in [-0.15, -0.1) is 0 Å². The number of benzene rings is 2. The number of methoxy groups -OCH3 is 2. The number of hydrogen-bond acceptors (Lipinski definition) is 5. The van der Waals surface area contributed by atoms with Crippen LogP contribution in [0.1, 0.15) is 29.2 Å². The summed E-state index contributed by atoms with van der Waals surface area (Å²) in [5, 5.41) is 7.20. The second-order valence-corrected chi connectivity index (χ2v) is 9.87. The number of pyridine rings is 1. The van der Waals surface area contributed by atoms with Crippen molar-refractivity contribution in [3.63, 3.8) is 0 Å². The van der Waals surface area contributed by atoms with Crippen molar-refractivity contribution < 1.29 is 14.3 Å². The number of aromatic nitrogens is 2. The van der Waals surface area contributed by atoms with Crippen LogP contribution in [0, 0.1) is 6.92 Å². The van der Waals surface area contributed by atoms with Crippen molar-refractivity contribution >= 4 is 46.2 Å². The zero-order valence-electron chi connectivity index (χ0n) is 21.7. The molecule has 0 bridgehead atoms. The second kappa shape index (κ2) is 11.4. The quantitative estimate of drug-likeness (QED) is 0.271. The predicted molar refractivity (Wildman–Crippen MR) is 157 cm³/mol. The number of rotatable bonds is 8. The molecule has 3 heterocycles. The molecule has 0 spiro atoms. The monoisotopic (exact) mass is 561 g/mol. The first-order chi connectivity index (χ1) is 18.9. The van der Waals surface area contributed by atoms with Crippen LogP contribution in [0.4, 0.5) is 11.4 Å². The molecule has 0 unspecified atom stereocenters. The van der Waals surface area contributed by atoms with E-state index in [2.05, 4.69) is 44.1 Å². The van der Waals surface area contributed by atoms with Crippen molar-refractivity contribution in [3.05, 3.63) is 101 Å². The Labute approximate surface area is 237 Å². The lowest BCUT2D eigenvalue weighted by Crippen LogP contribution is -2.30. The lowest BCUT2D eigenvalue weighted by atomic mass is 10.0. The molecule has 39 heavy (non-hydrogen) atoms. The lowest BCUT2D eigenvalue weighted by molar-refractivity contribution is -0.119. The zero-order chi connectivity index (χ0) is 27.5. The Bertz CT molecular complexity index is 1490. The number of thiocarbonyl (C=S) groups is 1. The SMILES string of the molecule is COCC(=O)Nc1ccc(N2C(=S)N[C@H](c3ccccn3)[C@H]2c2ccc(C)n2-c2ccc(OC)cc2)cc1Cl. The van der Waals surface area contributed by atoms with Crippen LogP contribution in [0.15, 0.2) is 79.0 Å². The van der Waals surface area contributed by atoms with Gasteiger partial charge in [-0.25, -0.2) is 0 Å². The molecule has 4 aromatic rings. The highest BCUT2D eigenvalue weighted by Crippen LogP contribution is 2.44. The van der Waals surface area contributed by atoms with Crippen LogP contribution in [0.2, 0.25) is 5.02 Å². The number of nitrogens with one attached hydrogen (secondary N) is 2. The van der Waals surface area contributed by atoms with E-state index in [0.29, 0.717) is 15.8 Å². The van der Waals surface area contributed by atoms with E-state index in [0.717, 1.165) is 34.2 Å². The van der Waals surface area contributed by atoms with E-state index in [1.54, 1.807) is 25.4 Å². The molecule has 1 aliphatic rings. The van der Waals surface area contributed by atoms with E-state index in [1.165, 1.54) is 7.11 Å². The van der Waals surface area contributed by atoms with Gasteiger partial charge in [-0.05, 0) is 85.9 Å². The second-order valence-electron chi connectivity index (χ2n) is 9.07. The molecule has 1 saturated heterocycles. The van der Waals surface area contributed by atoms with Crippen molar-refractivity contribution in [2.75, 3.05) is 31.0 Å². The standard InChI is InChI=1S/C29H28ClN5O3S/c1-18-7-14-25(34(18)19-8-11-21(38-3)12-9-19)28-27(24-6-4-5-15-31-24)33-29(39)35(28)20-10-13-23(22(30)16-20)32-26(36)17-37-2/h4-16,27-28H,17H2,1-3H3,(H,32,36)(H,33,39)/t27-,28-/m1/s1. The Balaban J connectivity index is 1.61. The third-order valence-electron chi connectivity index (χ3n) is 6.62. The summed E-state index contributed by atoms with van der Waals surface area (Å²) in [6.45, 7) is 2.01. The van der Waals surface area contributed by atoms with Gasteiger partial charge in [-0.3, -0.25) is 9.78 Å². The minimum atomic E-state index is -0.286. The van der Waals surface area contributed by atoms with Crippen LogP contribution >= 0.6 is 23.8 Å². The number of anilines is 2. The highest BCUT2D eigenvalue weighted by molar-refractivity contribution is 7.80. The van der Waals surface area contributed by atoms with E-state index in [9.17, 15) is 4.79 Å². The maximum atomic E-state index is 12.1. The van der Waals surface area contributed by atoms with Crippen molar-refractivity contribution in [1.82, 2.24) is 14.9 Å². The number of amides is 1. The van der Waals surface area contributed by atoms with Gasteiger partial charge in [0.2, 0.25) is 5.91 Å². The average Bonchev–Trinajstić information content (AvgIpc) is 3.49. The Kier molecular flexibility index (Phi) is 7.83. The summed E-state index contributed by atoms with van der Waals surface area (Å²) in [5.41, 5.74) is 5.24. The van der Waals surface area contributed by atoms with E-state index < -0.39 is 0 Å². The number of halogens is 1. The largest absolute Gasteiger partial charge is 0.497 e. The highest BCUT2D eigenvalue weighted by Gasteiger charge is 2.42. The number of carbonyl (C=O) groups is 1. The van der Waals surface area contributed by atoms with Crippen LogP contribution in [0.5, 0.6) is 5.75 Å². The van der Waals surface area contributed by atoms with Gasteiger partial charge in [0.15, 0.2) is 5.11 Å². The molecule has 1 amide bonds. The van der Waals surface area contributed by atoms with Gasteiger partial charge in [0.1, 0.15) is 18.4 Å². The molecule has 8 nitrogen and oxygen atoms in total. The first kappa shape index (κ1) is 26.7. The molecular formula is C29H28ClN5O3S. The fourth-order valence-corrected chi connectivity index (χ4v) is 5.45. The minimum absolute atomic E-state index is 0.0618.